The van der Waals surface area contributed by atoms with E-state index in [9.17, 15) is 33.6 Å². The van der Waals surface area contributed by atoms with Crippen molar-refractivity contribution in [2.24, 2.45) is 11.8 Å². The van der Waals surface area contributed by atoms with Gasteiger partial charge in [-0.25, -0.2) is 4.79 Å². The highest BCUT2D eigenvalue weighted by molar-refractivity contribution is 6.05. The molecule has 0 saturated carbocycles. The predicted octanol–water partition coefficient (Wildman–Crippen LogP) is 10.9. The molecule has 1 rings (SSSR count). The fourth-order valence-corrected chi connectivity index (χ4v) is 8.02. The van der Waals surface area contributed by atoms with E-state index >= 15 is 0 Å². The summed E-state index contributed by atoms with van der Waals surface area (Å²) in [6, 6.07) is -0.766. The number of ether oxygens (including phenoxy) is 6. The van der Waals surface area contributed by atoms with E-state index in [-0.39, 0.29) is 108 Å². The van der Waals surface area contributed by atoms with Crippen molar-refractivity contribution in [2.75, 3.05) is 39.6 Å². The molecule has 0 aliphatic carbocycles. The summed E-state index contributed by atoms with van der Waals surface area (Å²) in [6.07, 6.45) is 23.2. The molecule has 0 aromatic heterocycles. The van der Waals surface area contributed by atoms with Crippen LogP contribution < -0.4 is 0 Å². The molecule has 0 aromatic carbocycles. The third-order valence-electron chi connectivity index (χ3n) is 12.2. The average Bonchev–Trinajstić information content (AvgIpc) is 3.73. The van der Waals surface area contributed by atoms with Gasteiger partial charge in [0.05, 0.1) is 51.9 Å². The van der Waals surface area contributed by atoms with Gasteiger partial charge in [-0.2, -0.15) is 0 Å². The molecule has 1 aliphatic rings. The number of nitrogens with zero attached hydrogens (tertiary/aromatic N) is 1. The average molecular weight is 964 g/mol. The summed E-state index contributed by atoms with van der Waals surface area (Å²) in [5, 5.41) is 0. The smallest absolute Gasteiger partial charge is 0.391 e. The molecule has 15 nitrogen and oxygen atoms in total. The maximum Gasteiger partial charge on any atom is 0.391 e. The first-order valence-corrected chi connectivity index (χ1v) is 26.6. The first-order chi connectivity index (χ1) is 32.9. The van der Waals surface area contributed by atoms with Crippen LogP contribution in [0.2, 0.25) is 0 Å². The van der Waals surface area contributed by atoms with Crippen LogP contribution in [0.4, 0.5) is 4.79 Å². The largest absolute Gasteiger partial charge is 0.528 e. The summed E-state index contributed by atoms with van der Waals surface area (Å²) in [5.41, 5.74) is 0. The summed E-state index contributed by atoms with van der Waals surface area (Å²) in [6.45, 7) is 7.65. The summed E-state index contributed by atoms with van der Waals surface area (Å²) in [7, 11) is 5.24. The molecule has 2 atom stereocenters. The first-order valence-electron chi connectivity index (χ1n) is 26.6. The lowest BCUT2D eigenvalue weighted by atomic mass is 10.1. The molecular weight excluding hydrogens is 873 g/mol. The molecule has 0 bridgehead atoms. The SMILES string of the molecule is [B]OC(=O)N1C[C@@H](OC(=O)CC(COC(=O)CCCCCCCC)COC(=O)CCCCCCCC)C[C@H]1COC(=O)CC(COC(=O)CCCCCCCC)COC(=O)CCCCCCCC. The van der Waals surface area contributed by atoms with Crippen LogP contribution >= 0.6 is 0 Å². The van der Waals surface area contributed by atoms with Crippen molar-refractivity contribution in [2.45, 2.75) is 239 Å². The summed E-state index contributed by atoms with van der Waals surface area (Å²) in [4.78, 5) is 90.9. The van der Waals surface area contributed by atoms with Gasteiger partial charge in [0, 0.05) is 43.9 Å². The highest BCUT2D eigenvalue weighted by atomic mass is 16.6. The van der Waals surface area contributed by atoms with E-state index in [1.807, 2.05) is 0 Å². The van der Waals surface area contributed by atoms with E-state index in [0.717, 1.165) is 128 Å². The Hall–Kier alpha value is -3.85. The number of likely N-dealkylation sites (tertiary alicyclic amines) is 1. The normalized spacial score (nSPS) is 14.5. The third kappa shape index (κ3) is 33.6. The Morgan fingerprint density at radius 3 is 1.10 bits per heavy atom. The van der Waals surface area contributed by atoms with Crippen molar-refractivity contribution in [3.05, 3.63) is 0 Å². The maximum atomic E-state index is 13.4. The van der Waals surface area contributed by atoms with Crippen LogP contribution in [-0.4, -0.2) is 107 Å². The van der Waals surface area contributed by atoms with Crippen molar-refractivity contribution in [3.8, 4) is 0 Å². The van der Waals surface area contributed by atoms with Crippen LogP contribution in [0.25, 0.3) is 0 Å². The first kappa shape index (κ1) is 62.2. The summed E-state index contributed by atoms with van der Waals surface area (Å²) in [5.74, 6) is -4.20. The molecule has 0 aromatic rings. The standard InChI is InChI=1S/C52H90BNO14/c1-5-9-13-17-21-25-29-46(55)62-37-42(38-63-47(56)30-26-22-18-14-10-6-2)33-50(59)66-41-44-35-45(36-54(44)52(61)68-53)67-51(60)34-43(39-64-48(57)31-27-23-19-15-11-7-3)40-65-49(58)32-28-24-20-16-12-8-4/h42-45H,5-41H2,1-4H3/t44-,45-/m0/s1. The van der Waals surface area contributed by atoms with Gasteiger partial charge in [-0.15, -0.1) is 0 Å². The van der Waals surface area contributed by atoms with E-state index in [1.54, 1.807) is 0 Å². The lowest BCUT2D eigenvalue weighted by molar-refractivity contribution is -0.157. The summed E-state index contributed by atoms with van der Waals surface area (Å²) < 4.78 is 38.0. The van der Waals surface area contributed by atoms with Gasteiger partial charge in [0.2, 0.25) is 0 Å². The number of rotatable bonds is 43. The Morgan fingerprint density at radius 1 is 0.441 bits per heavy atom. The lowest BCUT2D eigenvalue weighted by Crippen LogP contribution is -2.39. The van der Waals surface area contributed by atoms with Gasteiger partial charge in [-0.05, 0) is 25.7 Å². The van der Waals surface area contributed by atoms with Crippen LogP contribution in [0.3, 0.4) is 0 Å². The number of carbonyl (C=O) groups is 7. The number of hydrogen-bond acceptors (Lipinski definition) is 14. The van der Waals surface area contributed by atoms with Gasteiger partial charge in [-0.3, -0.25) is 33.7 Å². The molecule has 0 unspecified atom stereocenters. The van der Waals surface area contributed by atoms with Crippen LogP contribution in [-0.2, 0) is 61.8 Å². The van der Waals surface area contributed by atoms with Crippen LogP contribution in [0.1, 0.15) is 227 Å². The van der Waals surface area contributed by atoms with Gasteiger partial charge in [-0.1, -0.05) is 156 Å². The molecule has 1 amide bonds. The van der Waals surface area contributed by atoms with E-state index < -0.39 is 42.0 Å². The fourth-order valence-electron chi connectivity index (χ4n) is 8.02. The minimum absolute atomic E-state index is 0.0921. The third-order valence-corrected chi connectivity index (χ3v) is 12.2. The van der Waals surface area contributed by atoms with Crippen molar-refractivity contribution in [1.29, 1.82) is 0 Å². The zero-order valence-corrected chi connectivity index (χ0v) is 42.7. The van der Waals surface area contributed by atoms with Gasteiger partial charge >= 0.3 is 50.0 Å². The van der Waals surface area contributed by atoms with E-state index in [1.165, 1.54) is 4.90 Å². The lowest BCUT2D eigenvalue weighted by Gasteiger charge is -2.23. The zero-order valence-electron chi connectivity index (χ0n) is 42.7. The van der Waals surface area contributed by atoms with Gasteiger partial charge < -0.3 is 33.1 Å². The Kier molecular flexibility index (Phi) is 38.5. The molecule has 16 heteroatoms. The minimum atomic E-state index is -0.913. The minimum Gasteiger partial charge on any atom is -0.528 e. The Balaban J connectivity index is 2.86. The zero-order chi connectivity index (χ0) is 50.0. The predicted molar refractivity (Wildman–Crippen MR) is 260 cm³/mol. The van der Waals surface area contributed by atoms with E-state index in [2.05, 4.69) is 32.3 Å². The van der Waals surface area contributed by atoms with Crippen molar-refractivity contribution in [3.63, 3.8) is 0 Å². The Labute approximate surface area is 410 Å². The second-order valence-electron chi connectivity index (χ2n) is 18.7. The highest BCUT2D eigenvalue weighted by Crippen LogP contribution is 2.24. The van der Waals surface area contributed by atoms with Crippen LogP contribution in [0.5, 0.6) is 0 Å². The molecule has 1 aliphatic heterocycles. The second kappa shape index (κ2) is 42.1. The molecule has 1 heterocycles. The molecule has 1 saturated heterocycles. The van der Waals surface area contributed by atoms with Gasteiger partial charge in [0.25, 0.3) is 0 Å². The van der Waals surface area contributed by atoms with Crippen LogP contribution in [0.15, 0.2) is 0 Å². The van der Waals surface area contributed by atoms with Crippen molar-refractivity contribution in [1.82, 2.24) is 4.90 Å². The topological polar surface area (TPSA) is 187 Å². The quantitative estimate of drug-likeness (QED) is 0.0243. The fraction of sp³-hybridized carbons (Fsp3) is 0.865. The molecule has 68 heavy (non-hydrogen) atoms. The van der Waals surface area contributed by atoms with Gasteiger partial charge in [0.1, 0.15) is 12.7 Å². The van der Waals surface area contributed by atoms with E-state index in [4.69, 9.17) is 36.5 Å². The van der Waals surface area contributed by atoms with E-state index in [0.29, 0.717) is 25.7 Å². The van der Waals surface area contributed by atoms with Crippen molar-refractivity contribution < 1.29 is 66.6 Å². The highest BCUT2D eigenvalue weighted by Gasteiger charge is 2.39. The number of unbranched alkanes of at least 4 members (excludes halogenated alkanes) is 20. The Morgan fingerprint density at radius 2 is 0.765 bits per heavy atom. The monoisotopic (exact) mass is 964 g/mol. The number of carbonyl (C=O) groups excluding carboxylic acids is 7. The molecule has 1 fully saturated rings. The molecular formula is C52H90BNO14. The summed E-state index contributed by atoms with van der Waals surface area (Å²) >= 11 is 0. The number of esters is 6. The molecule has 2 radical (unpaired) electrons. The number of amides is 1. The van der Waals surface area contributed by atoms with Crippen LogP contribution in [0, 0.1) is 11.8 Å². The second-order valence-corrected chi connectivity index (χ2v) is 18.7. The molecule has 390 valence electrons. The van der Waals surface area contributed by atoms with Crippen molar-refractivity contribution >= 4 is 50.0 Å². The maximum absolute atomic E-state index is 13.4. The Bertz CT molecular complexity index is 1320. The molecule has 0 N–H and O–H groups in total. The number of hydrogen-bond donors (Lipinski definition) is 0. The van der Waals surface area contributed by atoms with Gasteiger partial charge in [0.15, 0.2) is 0 Å². The molecule has 0 spiro atoms.